The van der Waals surface area contributed by atoms with Gasteiger partial charge in [-0.15, -0.1) is 0 Å². The van der Waals surface area contributed by atoms with E-state index in [-0.39, 0.29) is 56.3 Å². The second kappa shape index (κ2) is 9.50. The molecule has 3 rings (SSSR count). The molecule has 0 radical (unpaired) electrons. The lowest BCUT2D eigenvalue weighted by Gasteiger charge is -2.13. The van der Waals surface area contributed by atoms with Crippen molar-refractivity contribution in [1.82, 2.24) is 15.5 Å². The third kappa shape index (κ3) is 5.19. The number of carbonyl (C=O) groups excluding carboxylic acids is 4. The molecule has 0 unspecified atom stereocenters. The van der Waals surface area contributed by atoms with Gasteiger partial charge in [-0.2, -0.15) is 0 Å². The first-order valence-electron chi connectivity index (χ1n) is 9.22. The van der Waals surface area contributed by atoms with E-state index < -0.39 is 0 Å². The molecule has 29 heavy (non-hydrogen) atoms. The lowest BCUT2D eigenvalue weighted by molar-refractivity contribution is -0.124. The summed E-state index contributed by atoms with van der Waals surface area (Å²) in [6.45, 7) is 0.376. The van der Waals surface area contributed by atoms with Crippen LogP contribution in [-0.4, -0.2) is 54.8 Å². The number of fused-ring (bicyclic) bond motifs is 1. The fraction of sp³-hybridized carbons (Fsp3) is 0.238. The zero-order chi connectivity index (χ0) is 20.6. The van der Waals surface area contributed by atoms with Crippen LogP contribution in [0.25, 0.3) is 0 Å². The molecular weight excluding hydrogens is 374 g/mol. The molecule has 0 atom stereocenters. The molecule has 8 nitrogen and oxygen atoms in total. The quantitative estimate of drug-likeness (QED) is 0.487. The zero-order valence-corrected chi connectivity index (χ0v) is 15.7. The standard InChI is InChI=1S/C21H21N3O5/c25-18(10-13-24-20(27)16-8-4-5-9-17(16)21(24)28)22-11-12-23-19(26)14-29-15-6-2-1-3-7-15/h1-9H,10-14H2,(H,22,25)(H,23,26). The summed E-state index contributed by atoms with van der Waals surface area (Å²) < 4.78 is 5.32. The van der Waals surface area contributed by atoms with Crippen LogP contribution in [0.4, 0.5) is 0 Å². The first-order chi connectivity index (χ1) is 14.1. The smallest absolute Gasteiger partial charge is 0.261 e. The number of benzene rings is 2. The Balaban J connectivity index is 1.31. The van der Waals surface area contributed by atoms with E-state index in [4.69, 9.17) is 4.74 Å². The molecule has 4 amide bonds. The van der Waals surface area contributed by atoms with Crippen molar-refractivity contribution in [3.63, 3.8) is 0 Å². The Labute approximate surface area is 167 Å². The highest BCUT2D eigenvalue weighted by Crippen LogP contribution is 2.22. The maximum Gasteiger partial charge on any atom is 0.261 e. The lowest BCUT2D eigenvalue weighted by atomic mass is 10.1. The summed E-state index contributed by atoms with van der Waals surface area (Å²) in [7, 11) is 0. The number of rotatable bonds is 9. The molecule has 8 heteroatoms. The monoisotopic (exact) mass is 395 g/mol. The third-order valence-electron chi connectivity index (χ3n) is 4.32. The Hall–Kier alpha value is -3.68. The summed E-state index contributed by atoms with van der Waals surface area (Å²) in [6.07, 6.45) is -0.00344. The van der Waals surface area contributed by atoms with E-state index in [1.54, 1.807) is 36.4 Å². The molecular formula is C21H21N3O5. The minimum atomic E-state index is -0.385. The first-order valence-corrected chi connectivity index (χ1v) is 9.22. The molecule has 0 aromatic heterocycles. The zero-order valence-electron chi connectivity index (χ0n) is 15.7. The van der Waals surface area contributed by atoms with Crippen molar-refractivity contribution >= 4 is 23.6 Å². The summed E-state index contributed by atoms with van der Waals surface area (Å²) in [6, 6.07) is 15.6. The Morgan fingerprint density at radius 1 is 0.793 bits per heavy atom. The van der Waals surface area contributed by atoms with E-state index in [9.17, 15) is 19.2 Å². The predicted octanol–water partition coefficient (Wildman–Crippen LogP) is 0.984. The Morgan fingerprint density at radius 2 is 1.34 bits per heavy atom. The van der Waals surface area contributed by atoms with Crippen LogP contribution in [0.5, 0.6) is 5.75 Å². The van der Waals surface area contributed by atoms with Gasteiger partial charge in [0, 0.05) is 26.1 Å². The Morgan fingerprint density at radius 3 is 1.97 bits per heavy atom. The van der Waals surface area contributed by atoms with Crippen LogP contribution < -0.4 is 15.4 Å². The fourth-order valence-corrected chi connectivity index (χ4v) is 2.86. The van der Waals surface area contributed by atoms with Gasteiger partial charge in [-0.1, -0.05) is 30.3 Å². The normalized spacial score (nSPS) is 12.5. The second-order valence-corrected chi connectivity index (χ2v) is 6.36. The van der Waals surface area contributed by atoms with Crippen molar-refractivity contribution in [1.29, 1.82) is 0 Å². The van der Waals surface area contributed by atoms with Crippen molar-refractivity contribution in [3.05, 3.63) is 65.7 Å². The fourth-order valence-electron chi connectivity index (χ4n) is 2.86. The van der Waals surface area contributed by atoms with Gasteiger partial charge in [-0.05, 0) is 24.3 Å². The number of nitrogens with one attached hydrogen (secondary N) is 2. The van der Waals surface area contributed by atoms with Crippen molar-refractivity contribution < 1.29 is 23.9 Å². The molecule has 2 aromatic rings. The number of hydrogen-bond donors (Lipinski definition) is 2. The topological polar surface area (TPSA) is 105 Å². The molecule has 2 N–H and O–H groups in total. The van der Waals surface area contributed by atoms with Gasteiger partial charge in [0.05, 0.1) is 11.1 Å². The highest BCUT2D eigenvalue weighted by molar-refractivity contribution is 6.21. The maximum absolute atomic E-state index is 12.2. The summed E-state index contributed by atoms with van der Waals surface area (Å²) >= 11 is 0. The van der Waals surface area contributed by atoms with Gasteiger partial charge in [-0.25, -0.2) is 0 Å². The maximum atomic E-state index is 12.2. The number of ether oxygens (including phenoxy) is 1. The molecule has 1 heterocycles. The number of para-hydroxylation sites is 1. The first kappa shape index (κ1) is 20.1. The molecule has 1 aliphatic heterocycles. The molecule has 0 saturated heterocycles. The van der Waals surface area contributed by atoms with Crippen LogP contribution in [0.2, 0.25) is 0 Å². The van der Waals surface area contributed by atoms with E-state index in [2.05, 4.69) is 10.6 Å². The predicted molar refractivity (Wildman–Crippen MR) is 104 cm³/mol. The number of imide groups is 1. The van der Waals surface area contributed by atoms with Crippen LogP contribution in [0.3, 0.4) is 0 Å². The minimum Gasteiger partial charge on any atom is -0.484 e. The van der Waals surface area contributed by atoms with E-state index >= 15 is 0 Å². The number of amides is 4. The molecule has 0 bridgehead atoms. The lowest BCUT2D eigenvalue weighted by Crippen LogP contribution is -2.38. The van der Waals surface area contributed by atoms with E-state index in [0.29, 0.717) is 16.9 Å². The van der Waals surface area contributed by atoms with Crippen molar-refractivity contribution in [3.8, 4) is 5.75 Å². The minimum absolute atomic E-state index is 0.00344. The largest absolute Gasteiger partial charge is 0.484 e. The van der Waals surface area contributed by atoms with E-state index in [0.717, 1.165) is 4.90 Å². The van der Waals surface area contributed by atoms with Crippen LogP contribution in [0, 0.1) is 0 Å². The third-order valence-corrected chi connectivity index (χ3v) is 4.32. The van der Waals surface area contributed by atoms with Crippen LogP contribution in [0.1, 0.15) is 27.1 Å². The van der Waals surface area contributed by atoms with E-state index in [1.807, 2.05) is 18.2 Å². The van der Waals surface area contributed by atoms with Crippen LogP contribution in [0.15, 0.2) is 54.6 Å². The molecule has 1 aliphatic rings. The van der Waals surface area contributed by atoms with Gasteiger partial charge in [0.15, 0.2) is 6.61 Å². The number of carbonyl (C=O) groups is 4. The van der Waals surface area contributed by atoms with Gasteiger partial charge < -0.3 is 15.4 Å². The summed E-state index contributed by atoms with van der Waals surface area (Å²) in [4.78, 5) is 49.2. The van der Waals surface area contributed by atoms with Gasteiger partial charge in [0.25, 0.3) is 17.7 Å². The molecule has 0 spiro atoms. The average molecular weight is 395 g/mol. The van der Waals surface area contributed by atoms with Gasteiger partial charge in [-0.3, -0.25) is 24.1 Å². The van der Waals surface area contributed by atoms with Crippen LogP contribution >= 0.6 is 0 Å². The van der Waals surface area contributed by atoms with Crippen molar-refractivity contribution in [2.75, 3.05) is 26.2 Å². The Bertz CT molecular complexity index is 879. The molecule has 0 fully saturated rings. The van der Waals surface area contributed by atoms with Crippen molar-refractivity contribution in [2.24, 2.45) is 0 Å². The average Bonchev–Trinajstić information content (AvgIpc) is 2.99. The van der Waals surface area contributed by atoms with Crippen molar-refractivity contribution in [2.45, 2.75) is 6.42 Å². The highest BCUT2D eigenvalue weighted by Gasteiger charge is 2.34. The van der Waals surface area contributed by atoms with Gasteiger partial charge >= 0.3 is 0 Å². The van der Waals surface area contributed by atoms with Crippen LogP contribution in [-0.2, 0) is 9.59 Å². The molecule has 2 aromatic carbocycles. The van der Waals surface area contributed by atoms with E-state index in [1.165, 1.54) is 0 Å². The summed E-state index contributed by atoms with van der Waals surface area (Å²) in [5.74, 6) is -0.775. The summed E-state index contributed by atoms with van der Waals surface area (Å²) in [5, 5.41) is 5.28. The number of hydrogen-bond acceptors (Lipinski definition) is 5. The Kier molecular flexibility index (Phi) is 6.57. The highest BCUT2D eigenvalue weighted by atomic mass is 16.5. The molecule has 150 valence electrons. The molecule has 0 saturated carbocycles. The van der Waals surface area contributed by atoms with Gasteiger partial charge in [0.2, 0.25) is 5.91 Å². The van der Waals surface area contributed by atoms with Gasteiger partial charge in [0.1, 0.15) is 5.75 Å². The number of nitrogens with zero attached hydrogens (tertiary/aromatic N) is 1. The second-order valence-electron chi connectivity index (χ2n) is 6.36. The molecule has 0 aliphatic carbocycles. The SMILES string of the molecule is O=C(CCN1C(=O)c2ccccc2C1=O)NCCNC(=O)COc1ccccc1. The summed E-state index contributed by atoms with van der Waals surface area (Å²) in [5.41, 5.74) is 0.719.